The molecule has 1 unspecified atom stereocenters. The smallest absolute Gasteiger partial charge is 0.385 e. The summed E-state index contributed by atoms with van der Waals surface area (Å²) in [5.74, 6) is 0. The van der Waals surface area contributed by atoms with Gasteiger partial charge in [0.2, 0.25) is 0 Å². The van der Waals surface area contributed by atoms with Crippen molar-refractivity contribution in [2.75, 3.05) is 6.61 Å². The van der Waals surface area contributed by atoms with E-state index in [0.717, 1.165) is 44.2 Å². The zero-order chi connectivity index (χ0) is 15.5. The lowest BCUT2D eigenvalue weighted by Crippen LogP contribution is -2.41. The van der Waals surface area contributed by atoms with Gasteiger partial charge < -0.3 is 9.84 Å². The number of benzene rings is 1. The molecule has 0 bridgehead atoms. The van der Waals surface area contributed by atoms with Crippen molar-refractivity contribution in [1.82, 2.24) is 0 Å². The van der Waals surface area contributed by atoms with Gasteiger partial charge in [-0.15, -0.1) is 0 Å². The van der Waals surface area contributed by atoms with Crippen LogP contribution in [0, 0.1) is 0 Å². The summed E-state index contributed by atoms with van der Waals surface area (Å²) in [6.45, 7) is 2.35. The fraction of sp³-hybridized carbons (Fsp3) is 0.625. The molecule has 2 rings (SSSR count). The van der Waals surface area contributed by atoms with Crippen molar-refractivity contribution in [3.63, 3.8) is 0 Å². The molecule has 1 fully saturated rings. The van der Waals surface area contributed by atoms with Crippen LogP contribution in [0.2, 0.25) is 0 Å². The number of hydrogen-bond acceptors (Lipinski definition) is 2. The van der Waals surface area contributed by atoms with Crippen LogP contribution >= 0.6 is 0 Å². The minimum Gasteiger partial charge on any atom is -0.385 e. The van der Waals surface area contributed by atoms with E-state index in [1.807, 2.05) is 6.92 Å². The number of alkyl halides is 3. The Morgan fingerprint density at radius 3 is 2.19 bits per heavy atom. The van der Waals surface area contributed by atoms with E-state index in [9.17, 15) is 18.3 Å². The van der Waals surface area contributed by atoms with Gasteiger partial charge >= 0.3 is 6.18 Å². The maximum atomic E-state index is 12.6. The number of aliphatic hydroxyl groups excluding tert-OH is 1. The summed E-state index contributed by atoms with van der Waals surface area (Å²) in [7, 11) is 0. The van der Waals surface area contributed by atoms with Gasteiger partial charge in [0, 0.05) is 6.61 Å². The molecule has 0 heterocycles. The van der Waals surface area contributed by atoms with Crippen molar-refractivity contribution >= 4 is 0 Å². The summed E-state index contributed by atoms with van der Waals surface area (Å²) in [4.78, 5) is 0. The number of rotatable bonds is 4. The highest BCUT2D eigenvalue weighted by atomic mass is 19.4. The molecular weight excluding hydrogens is 281 g/mol. The molecule has 1 N–H and O–H groups in total. The predicted molar refractivity (Wildman–Crippen MR) is 73.8 cm³/mol. The monoisotopic (exact) mass is 302 g/mol. The van der Waals surface area contributed by atoms with E-state index in [1.54, 1.807) is 0 Å². The van der Waals surface area contributed by atoms with Crippen molar-refractivity contribution in [3.8, 4) is 0 Å². The van der Waals surface area contributed by atoms with Crippen LogP contribution in [0.15, 0.2) is 24.3 Å². The van der Waals surface area contributed by atoms with Crippen LogP contribution in [0.25, 0.3) is 0 Å². The lowest BCUT2D eigenvalue weighted by molar-refractivity contribution is -0.142. The number of hydrogen-bond donors (Lipinski definition) is 1. The maximum Gasteiger partial charge on any atom is 0.416 e. The molecule has 1 aliphatic rings. The molecule has 21 heavy (non-hydrogen) atoms. The molecule has 1 aromatic rings. The van der Waals surface area contributed by atoms with E-state index in [0.29, 0.717) is 12.2 Å². The maximum absolute atomic E-state index is 12.6. The third-order valence-electron chi connectivity index (χ3n) is 4.18. The largest absolute Gasteiger partial charge is 0.416 e. The zero-order valence-electron chi connectivity index (χ0n) is 12.1. The Morgan fingerprint density at radius 1 is 1.14 bits per heavy atom. The highest BCUT2D eigenvalue weighted by molar-refractivity contribution is 5.27. The van der Waals surface area contributed by atoms with Gasteiger partial charge in [-0.1, -0.05) is 31.4 Å². The first-order chi connectivity index (χ1) is 9.89. The minimum atomic E-state index is -4.36. The number of halogens is 3. The van der Waals surface area contributed by atoms with E-state index in [-0.39, 0.29) is 0 Å². The summed E-state index contributed by atoms with van der Waals surface area (Å²) in [6.07, 6.45) is -0.720. The fourth-order valence-corrected chi connectivity index (χ4v) is 3.09. The summed E-state index contributed by atoms with van der Waals surface area (Å²) >= 11 is 0. The van der Waals surface area contributed by atoms with Crippen molar-refractivity contribution < 1.29 is 23.0 Å². The van der Waals surface area contributed by atoms with Crippen LogP contribution in [0.4, 0.5) is 13.2 Å². The highest BCUT2D eigenvalue weighted by Crippen LogP contribution is 2.42. The zero-order valence-corrected chi connectivity index (χ0v) is 12.1. The highest BCUT2D eigenvalue weighted by Gasteiger charge is 2.41. The van der Waals surface area contributed by atoms with Gasteiger partial charge in [0.1, 0.15) is 6.10 Å². The normalized spacial score (nSPS) is 20.2. The quantitative estimate of drug-likeness (QED) is 0.888. The Hall–Kier alpha value is -1.07. The van der Waals surface area contributed by atoms with Gasteiger partial charge in [0.25, 0.3) is 0 Å². The average molecular weight is 302 g/mol. The Balaban J connectivity index is 2.22. The van der Waals surface area contributed by atoms with E-state index >= 15 is 0 Å². The van der Waals surface area contributed by atoms with Crippen molar-refractivity contribution in [2.45, 2.75) is 56.9 Å². The Bertz CT molecular complexity index is 442. The second-order valence-electron chi connectivity index (χ2n) is 5.58. The first-order valence-corrected chi connectivity index (χ1v) is 7.38. The Morgan fingerprint density at radius 2 is 1.71 bits per heavy atom. The van der Waals surface area contributed by atoms with Crippen LogP contribution in [-0.2, 0) is 10.9 Å². The second kappa shape index (κ2) is 6.36. The fourth-order valence-electron chi connectivity index (χ4n) is 3.09. The van der Waals surface area contributed by atoms with Gasteiger partial charge in [-0.05, 0) is 37.5 Å². The van der Waals surface area contributed by atoms with Gasteiger partial charge in [-0.3, -0.25) is 0 Å². The molecule has 0 spiro atoms. The Kier molecular flexibility index (Phi) is 4.94. The first-order valence-electron chi connectivity index (χ1n) is 7.38. The number of ether oxygens (including phenoxy) is 1. The molecule has 0 radical (unpaired) electrons. The van der Waals surface area contributed by atoms with Crippen LogP contribution < -0.4 is 0 Å². The first kappa shape index (κ1) is 16.3. The molecule has 118 valence electrons. The lowest BCUT2D eigenvalue weighted by atomic mass is 9.78. The van der Waals surface area contributed by atoms with Crippen LogP contribution in [0.3, 0.4) is 0 Å². The molecule has 1 aliphatic carbocycles. The van der Waals surface area contributed by atoms with Gasteiger partial charge in [0.05, 0.1) is 11.2 Å². The SMILES string of the molecule is CCOC1(C(O)c2ccc(C(F)(F)F)cc2)CCCCC1. The molecule has 1 aromatic carbocycles. The van der Waals surface area contributed by atoms with Crippen molar-refractivity contribution in [2.24, 2.45) is 0 Å². The van der Waals surface area contributed by atoms with E-state index < -0.39 is 23.4 Å². The Labute approximate surface area is 122 Å². The molecule has 1 atom stereocenters. The topological polar surface area (TPSA) is 29.5 Å². The summed E-state index contributed by atoms with van der Waals surface area (Å²) in [6, 6.07) is 4.73. The molecule has 2 nitrogen and oxygen atoms in total. The van der Waals surface area contributed by atoms with Crippen LogP contribution in [0.5, 0.6) is 0 Å². The summed E-state index contributed by atoms with van der Waals surface area (Å²) in [5, 5.41) is 10.6. The third kappa shape index (κ3) is 3.58. The van der Waals surface area contributed by atoms with E-state index in [1.165, 1.54) is 12.1 Å². The van der Waals surface area contributed by atoms with Gasteiger partial charge in [0.15, 0.2) is 0 Å². The predicted octanol–water partition coefficient (Wildman–Crippen LogP) is 4.48. The van der Waals surface area contributed by atoms with E-state index in [4.69, 9.17) is 4.74 Å². The third-order valence-corrected chi connectivity index (χ3v) is 4.18. The summed E-state index contributed by atoms with van der Waals surface area (Å²) in [5.41, 5.74) is -0.877. The standard InChI is InChI=1S/C16H21F3O2/c1-2-21-15(10-4-3-5-11-15)14(20)12-6-8-13(9-7-12)16(17,18)19/h6-9,14,20H,2-5,10-11H2,1H3. The van der Waals surface area contributed by atoms with Crippen molar-refractivity contribution in [1.29, 1.82) is 0 Å². The molecule has 0 aromatic heterocycles. The van der Waals surface area contributed by atoms with Crippen LogP contribution in [0.1, 0.15) is 56.3 Å². The molecule has 1 saturated carbocycles. The molecule has 0 aliphatic heterocycles. The van der Waals surface area contributed by atoms with Gasteiger partial charge in [-0.2, -0.15) is 13.2 Å². The molecule has 5 heteroatoms. The summed E-state index contributed by atoms with van der Waals surface area (Å²) < 4.78 is 43.6. The molecule has 0 saturated heterocycles. The van der Waals surface area contributed by atoms with E-state index in [2.05, 4.69) is 0 Å². The lowest BCUT2D eigenvalue weighted by Gasteiger charge is -2.41. The molecular formula is C16H21F3O2. The number of aliphatic hydroxyl groups is 1. The van der Waals surface area contributed by atoms with Crippen LogP contribution in [-0.4, -0.2) is 17.3 Å². The van der Waals surface area contributed by atoms with Gasteiger partial charge in [-0.25, -0.2) is 0 Å². The second-order valence-corrected chi connectivity index (χ2v) is 5.58. The average Bonchev–Trinajstić information content (AvgIpc) is 2.47. The molecule has 0 amide bonds. The minimum absolute atomic E-state index is 0.484. The van der Waals surface area contributed by atoms with Crippen molar-refractivity contribution in [3.05, 3.63) is 35.4 Å².